The summed E-state index contributed by atoms with van der Waals surface area (Å²) in [7, 11) is 1.80. The van der Waals surface area contributed by atoms with Gasteiger partial charge in [-0.2, -0.15) is 5.10 Å². The average molecular weight is 283 g/mol. The molecule has 2 N–H and O–H groups in total. The molecule has 1 heterocycles. The van der Waals surface area contributed by atoms with Crippen LogP contribution < -0.4 is 5.32 Å². The number of nitrogens with one attached hydrogen (secondary N) is 1. The number of benzene rings is 1. The second kappa shape index (κ2) is 6.73. The van der Waals surface area contributed by atoms with Crippen LogP contribution >= 0.6 is 0 Å². The number of aryl methyl sites for hydroxylation is 1. The standard InChI is InChI=1S/C16H17N3O2/c1-12-15(11-17-19(12)2)16(21)18-14-8-5-7-13(10-14)6-3-4-9-20/h5,7-8,10-11,20H,4,9H2,1-2H3,(H,18,21). The predicted octanol–water partition coefficient (Wildman–Crippen LogP) is 1.71. The van der Waals surface area contributed by atoms with Gasteiger partial charge in [0.2, 0.25) is 0 Å². The second-order valence-corrected chi connectivity index (χ2v) is 4.58. The first-order valence-electron chi connectivity index (χ1n) is 6.61. The molecule has 1 aromatic heterocycles. The van der Waals surface area contributed by atoms with Crippen molar-refractivity contribution >= 4 is 11.6 Å². The van der Waals surface area contributed by atoms with Crippen LogP contribution in [0.25, 0.3) is 0 Å². The van der Waals surface area contributed by atoms with Crippen molar-refractivity contribution in [2.45, 2.75) is 13.3 Å². The minimum Gasteiger partial charge on any atom is -0.395 e. The zero-order chi connectivity index (χ0) is 15.2. The van der Waals surface area contributed by atoms with E-state index < -0.39 is 0 Å². The van der Waals surface area contributed by atoms with E-state index in [1.54, 1.807) is 30.1 Å². The summed E-state index contributed by atoms with van der Waals surface area (Å²) in [5.74, 6) is 5.59. The van der Waals surface area contributed by atoms with Crippen LogP contribution in [0.3, 0.4) is 0 Å². The zero-order valence-corrected chi connectivity index (χ0v) is 12.1. The van der Waals surface area contributed by atoms with E-state index in [1.165, 1.54) is 0 Å². The fraction of sp³-hybridized carbons (Fsp3) is 0.250. The molecular formula is C16H17N3O2. The Kier molecular flexibility index (Phi) is 4.75. The van der Waals surface area contributed by atoms with Gasteiger partial charge in [0.05, 0.1) is 18.4 Å². The van der Waals surface area contributed by atoms with Gasteiger partial charge >= 0.3 is 0 Å². The molecule has 2 aromatic rings. The van der Waals surface area contributed by atoms with Crippen LogP contribution in [0.15, 0.2) is 30.5 Å². The van der Waals surface area contributed by atoms with E-state index >= 15 is 0 Å². The second-order valence-electron chi connectivity index (χ2n) is 4.58. The molecule has 5 nitrogen and oxygen atoms in total. The van der Waals surface area contributed by atoms with Gasteiger partial charge in [-0.25, -0.2) is 0 Å². The predicted molar refractivity (Wildman–Crippen MR) is 80.9 cm³/mol. The molecule has 0 radical (unpaired) electrons. The summed E-state index contributed by atoms with van der Waals surface area (Å²) < 4.78 is 1.66. The number of aliphatic hydroxyl groups is 1. The topological polar surface area (TPSA) is 67.2 Å². The molecule has 0 fully saturated rings. The Bertz CT molecular complexity index is 708. The van der Waals surface area contributed by atoms with Crippen molar-refractivity contribution in [1.29, 1.82) is 0 Å². The van der Waals surface area contributed by atoms with Crippen molar-refractivity contribution in [2.75, 3.05) is 11.9 Å². The number of nitrogens with zero attached hydrogens (tertiary/aromatic N) is 2. The van der Waals surface area contributed by atoms with Crippen molar-refractivity contribution in [3.05, 3.63) is 47.3 Å². The minimum absolute atomic E-state index is 0.0453. The third kappa shape index (κ3) is 3.71. The lowest BCUT2D eigenvalue weighted by Gasteiger charge is -2.05. The van der Waals surface area contributed by atoms with E-state index in [9.17, 15) is 4.79 Å². The van der Waals surface area contributed by atoms with Crippen LogP contribution in [0, 0.1) is 18.8 Å². The van der Waals surface area contributed by atoms with Crippen molar-refractivity contribution < 1.29 is 9.90 Å². The number of amides is 1. The summed E-state index contributed by atoms with van der Waals surface area (Å²) in [5, 5.41) is 15.6. The maximum absolute atomic E-state index is 12.2. The number of carbonyl (C=O) groups excluding carboxylic acids is 1. The van der Waals surface area contributed by atoms with Crippen LogP contribution in [0.5, 0.6) is 0 Å². The van der Waals surface area contributed by atoms with Crippen LogP contribution in [0.1, 0.15) is 28.0 Å². The monoisotopic (exact) mass is 283 g/mol. The normalized spacial score (nSPS) is 9.86. The van der Waals surface area contributed by atoms with Gasteiger partial charge in [0.25, 0.3) is 5.91 Å². The lowest BCUT2D eigenvalue weighted by Crippen LogP contribution is -2.13. The van der Waals surface area contributed by atoms with Crippen molar-refractivity contribution in [3.63, 3.8) is 0 Å². The summed E-state index contributed by atoms with van der Waals surface area (Å²) in [4.78, 5) is 12.2. The number of aromatic nitrogens is 2. The Balaban J connectivity index is 2.13. The lowest BCUT2D eigenvalue weighted by molar-refractivity contribution is 0.102. The number of anilines is 1. The minimum atomic E-state index is -0.193. The summed E-state index contributed by atoms with van der Waals surface area (Å²) in [6.07, 6.45) is 1.99. The Morgan fingerprint density at radius 1 is 1.48 bits per heavy atom. The summed E-state index contributed by atoms with van der Waals surface area (Å²) in [6.45, 7) is 1.89. The molecule has 0 aliphatic carbocycles. The van der Waals surface area contributed by atoms with E-state index in [4.69, 9.17) is 5.11 Å². The summed E-state index contributed by atoms with van der Waals surface area (Å²) in [6, 6.07) is 7.29. The molecule has 0 saturated heterocycles. The van der Waals surface area contributed by atoms with E-state index in [2.05, 4.69) is 22.3 Å². The smallest absolute Gasteiger partial charge is 0.259 e. The molecule has 0 saturated carbocycles. The molecule has 0 spiro atoms. The van der Waals surface area contributed by atoms with Crippen LogP contribution in [0.4, 0.5) is 5.69 Å². The van der Waals surface area contributed by atoms with Crippen molar-refractivity contribution in [1.82, 2.24) is 9.78 Å². The zero-order valence-electron chi connectivity index (χ0n) is 12.1. The largest absolute Gasteiger partial charge is 0.395 e. The van der Waals surface area contributed by atoms with E-state index in [1.807, 2.05) is 19.1 Å². The molecule has 1 amide bonds. The highest BCUT2D eigenvalue weighted by Crippen LogP contribution is 2.13. The number of hydrogen-bond donors (Lipinski definition) is 2. The molecule has 1 aromatic carbocycles. The molecular weight excluding hydrogens is 266 g/mol. The highest BCUT2D eigenvalue weighted by molar-refractivity contribution is 6.04. The van der Waals surface area contributed by atoms with Gasteiger partial charge in [-0.05, 0) is 25.1 Å². The molecule has 2 rings (SSSR count). The third-order valence-corrected chi connectivity index (χ3v) is 3.07. The molecule has 5 heteroatoms. The molecule has 0 bridgehead atoms. The van der Waals surface area contributed by atoms with Gasteiger partial charge in [-0.1, -0.05) is 17.9 Å². The van der Waals surface area contributed by atoms with Gasteiger partial charge < -0.3 is 10.4 Å². The fourth-order valence-corrected chi connectivity index (χ4v) is 1.82. The van der Waals surface area contributed by atoms with Crippen LogP contribution in [0.2, 0.25) is 0 Å². The van der Waals surface area contributed by atoms with E-state index in [0.29, 0.717) is 17.7 Å². The maximum Gasteiger partial charge on any atom is 0.259 e. The van der Waals surface area contributed by atoms with E-state index in [-0.39, 0.29) is 12.5 Å². The first-order valence-corrected chi connectivity index (χ1v) is 6.61. The highest BCUT2D eigenvalue weighted by atomic mass is 16.2. The molecule has 0 aliphatic rings. The van der Waals surface area contributed by atoms with Gasteiger partial charge in [0.15, 0.2) is 0 Å². The molecule has 108 valence electrons. The quantitative estimate of drug-likeness (QED) is 0.843. The molecule has 0 aliphatic heterocycles. The Hall–Kier alpha value is -2.58. The summed E-state index contributed by atoms with van der Waals surface area (Å²) in [5.41, 5.74) is 2.84. The first-order chi connectivity index (χ1) is 10.1. The maximum atomic E-state index is 12.2. The highest BCUT2D eigenvalue weighted by Gasteiger charge is 2.12. The Morgan fingerprint density at radius 3 is 2.95 bits per heavy atom. The lowest BCUT2D eigenvalue weighted by atomic mass is 10.2. The first kappa shape index (κ1) is 14.8. The van der Waals surface area contributed by atoms with Crippen molar-refractivity contribution in [2.24, 2.45) is 7.05 Å². The van der Waals surface area contributed by atoms with Gasteiger partial charge in [0, 0.05) is 30.4 Å². The molecule has 0 unspecified atom stereocenters. The van der Waals surface area contributed by atoms with E-state index in [0.717, 1.165) is 11.3 Å². The average Bonchev–Trinajstić information content (AvgIpc) is 2.80. The number of hydrogen-bond acceptors (Lipinski definition) is 3. The molecule has 21 heavy (non-hydrogen) atoms. The summed E-state index contributed by atoms with van der Waals surface area (Å²) >= 11 is 0. The SMILES string of the molecule is Cc1c(C(=O)Nc2cccc(C#CCCO)c2)cnn1C. The van der Waals surface area contributed by atoms with Crippen molar-refractivity contribution in [3.8, 4) is 11.8 Å². The number of aliphatic hydroxyl groups excluding tert-OH is 1. The van der Waals surface area contributed by atoms with Crippen LogP contribution in [-0.4, -0.2) is 27.4 Å². The number of rotatable bonds is 3. The Morgan fingerprint density at radius 2 is 2.29 bits per heavy atom. The van der Waals surface area contributed by atoms with Gasteiger partial charge in [-0.15, -0.1) is 0 Å². The number of carbonyl (C=O) groups is 1. The van der Waals surface area contributed by atoms with Gasteiger partial charge in [0.1, 0.15) is 0 Å². The third-order valence-electron chi connectivity index (χ3n) is 3.07. The molecule has 0 atom stereocenters. The Labute approximate surface area is 123 Å². The van der Waals surface area contributed by atoms with Crippen LogP contribution in [-0.2, 0) is 7.05 Å². The van der Waals surface area contributed by atoms with Gasteiger partial charge in [-0.3, -0.25) is 9.48 Å². The fourth-order valence-electron chi connectivity index (χ4n) is 1.82.